The quantitative estimate of drug-likeness (QED) is 0.648. The topological polar surface area (TPSA) is 55.6 Å². The average Bonchev–Trinajstić information content (AvgIpc) is 2.77. The van der Waals surface area contributed by atoms with Crippen LogP contribution in [0.25, 0.3) is 0 Å². The van der Waals surface area contributed by atoms with Gasteiger partial charge in [0.2, 0.25) is 5.16 Å². The first kappa shape index (κ1) is 13.5. The number of rotatable bonds is 6. The van der Waals surface area contributed by atoms with Crippen molar-refractivity contribution < 1.29 is 0 Å². The normalized spacial score (nSPS) is 10.8. The highest BCUT2D eigenvalue weighted by Crippen LogP contribution is 2.12. The van der Waals surface area contributed by atoms with Crippen molar-refractivity contribution in [2.24, 2.45) is 7.05 Å². The summed E-state index contributed by atoms with van der Waals surface area (Å²) in [5.41, 5.74) is 1.28. The van der Waals surface area contributed by atoms with Crippen LogP contribution in [-0.4, -0.2) is 32.5 Å². The van der Waals surface area contributed by atoms with E-state index in [-0.39, 0.29) is 0 Å². The molecule has 96 valence electrons. The van der Waals surface area contributed by atoms with Crippen LogP contribution in [0.4, 0.5) is 0 Å². The number of aromatic nitrogens is 4. The molecule has 0 radical (unpaired) electrons. The molecule has 0 unspecified atom stereocenters. The Bertz CT molecular complexity index is 484. The molecule has 0 saturated heterocycles. The third-order valence-corrected chi connectivity index (χ3v) is 3.87. The van der Waals surface area contributed by atoms with Gasteiger partial charge in [-0.05, 0) is 28.1 Å². The monoisotopic (exact) mass is 327 g/mol. The first-order valence-corrected chi connectivity index (χ1v) is 7.34. The molecule has 0 aliphatic rings. The smallest absolute Gasteiger partial charge is 0.209 e. The fraction of sp³-hybridized carbons (Fsp3) is 0.364. The fourth-order valence-electron chi connectivity index (χ4n) is 1.39. The largest absolute Gasteiger partial charge is 0.312 e. The summed E-state index contributed by atoms with van der Waals surface area (Å²) in [6, 6.07) is 8.32. The lowest BCUT2D eigenvalue weighted by Gasteiger charge is -2.04. The van der Waals surface area contributed by atoms with Crippen LogP contribution in [0.1, 0.15) is 5.56 Å². The van der Waals surface area contributed by atoms with Gasteiger partial charge in [0.15, 0.2) is 0 Å². The van der Waals surface area contributed by atoms with E-state index in [0.29, 0.717) is 0 Å². The molecule has 0 aliphatic carbocycles. The van der Waals surface area contributed by atoms with Gasteiger partial charge in [-0.2, -0.15) is 0 Å². The predicted molar refractivity (Wildman–Crippen MR) is 75.4 cm³/mol. The number of thioether (sulfide) groups is 1. The molecule has 1 heterocycles. The highest BCUT2D eigenvalue weighted by atomic mass is 79.9. The van der Waals surface area contributed by atoms with Crippen LogP contribution in [0.2, 0.25) is 0 Å². The molecular formula is C11H14BrN5S. The third kappa shape index (κ3) is 4.08. The molecule has 0 spiro atoms. The Morgan fingerprint density at radius 3 is 2.78 bits per heavy atom. The number of halogens is 1. The minimum atomic E-state index is 0.848. The zero-order valence-electron chi connectivity index (χ0n) is 10.0. The first-order valence-electron chi connectivity index (χ1n) is 5.56. The summed E-state index contributed by atoms with van der Waals surface area (Å²) in [6.45, 7) is 1.80. The Balaban J connectivity index is 1.64. The fourth-order valence-corrected chi connectivity index (χ4v) is 2.40. The molecule has 0 amide bonds. The third-order valence-electron chi connectivity index (χ3n) is 2.33. The lowest BCUT2D eigenvalue weighted by atomic mass is 10.2. The number of hydrogen-bond donors (Lipinski definition) is 1. The van der Waals surface area contributed by atoms with Gasteiger partial charge in [0.25, 0.3) is 0 Å². The maximum Gasteiger partial charge on any atom is 0.209 e. The number of nitrogens with zero attached hydrogens (tertiary/aromatic N) is 4. The van der Waals surface area contributed by atoms with Crippen LogP contribution in [0, 0.1) is 0 Å². The molecule has 0 aliphatic heterocycles. The van der Waals surface area contributed by atoms with Crippen LogP contribution in [0.15, 0.2) is 33.9 Å². The lowest BCUT2D eigenvalue weighted by Crippen LogP contribution is -2.16. The van der Waals surface area contributed by atoms with Crippen molar-refractivity contribution in [3.05, 3.63) is 34.3 Å². The summed E-state index contributed by atoms with van der Waals surface area (Å²) >= 11 is 5.07. The molecule has 18 heavy (non-hydrogen) atoms. The molecule has 5 nitrogen and oxygen atoms in total. The Kier molecular flexibility index (Phi) is 5.15. The second-order valence-corrected chi connectivity index (χ2v) is 5.71. The summed E-state index contributed by atoms with van der Waals surface area (Å²) in [4.78, 5) is 0. The predicted octanol–water partition coefficient (Wildman–Crippen LogP) is 1.85. The van der Waals surface area contributed by atoms with Gasteiger partial charge in [-0.1, -0.05) is 39.8 Å². The second-order valence-electron chi connectivity index (χ2n) is 3.74. The van der Waals surface area contributed by atoms with Crippen molar-refractivity contribution in [2.45, 2.75) is 11.7 Å². The molecule has 0 atom stereocenters. The Hall–Kier alpha value is -0.920. The van der Waals surface area contributed by atoms with Crippen molar-refractivity contribution in [1.29, 1.82) is 0 Å². The summed E-state index contributed by atoms with van der Waals surface area (Å²) in [7, 11) is 1.84. The molecule has 2 aromatic rings. The zero-order valence-corrected chi connectivity index (χ0v) is 12.4. The van der Waals surface area contributed by atoms with E-state index >= 15 is 0 Å². The summed E-state index contributed by atoms with van der Waals surface area (Å²) in [5, 5.41) is 15.5. The van der Waals surface area contributed by atoms with E-state index in [4.69, 9.17) is 0 Å². The summed E-state index contributed by atoms with van der Waals surface area (Å²) < 4.78 is 2.79. The SMILES string of the molecule is Cn1nnnc1SCCNCc1ccc(Br)cc1. The van der Waals surface area contributed by atoms with E-state index in [0.717, 1.165) is 28.5 Å². The van der Waals surface area contributed by atoms with E-state index in [1.807, 2.05) is 7.05 Å². The minimum Gasteiger partial charge on any atom is -0.312 e. The van der Waals surface area contributed by atoms with Crippen LogP contribution >= 0.6 is 27.7 Å². The van der Waals surface area contributed by atoms with Crippen molar-refractivity contribution in [3.8, 4) is 0 Å². The number of tetrazole rings is 1. The lowest BCUT2D eigenvalue weighted by molar-refractivity contribution is 0.663. The van der Waals surface area contributed by atoms with Gasteiger partial charge >= 0.3 is 0 Å². The van der Waals surface area contributed by atoms with Gasteiger partial charge in [-0.3, -0.25) is 0 Å². The highest BCUT2D eigenvalue weighted by molar-refractivity contribution is 9.10. The minimum absolute atomic E-state index is 0.848. The molecule has 0 fully saturated rings. The molecule has 2 rings (SSSR count). The van der Waals surface area contributed by atoms with Crippen LogP contribution in [-0.2, 0) is 13.6 Å². The Labute approximate surface area is 118 Å². The van der Waals surface area contributed by atoms with Crippen LogP contribution < -0.4 is 5.32 Å². The number of benzene rings is 1. The van der Waals surface area contributed by atoms with E-state index in [9.17, 15) is 0 Å². The van der Waals surface area contributed by atoms with Gasteiger partial charge in [0, 0.05) is 30.4 Å². The van der Waals surface area contributed by atoms with E-state index < -0.39 is 0 Å². The molecule has 0 bridgehead atoms. The zero-order chi connectivity index (χ0) is 12.8. The van der Waals surface area contributed by atoms with Crippen molar-refractivity contribution >= 4 is 27.7 Å². The number of hydrogen-bond acceptors (Lipinski definition) is 5. The van der Waals surface area contributed by atoms with Gasteiger partial charge in [-0.15, -0.1) is 5.10 Å². The van der Waals surface area contributed by atoms with Crippen molar-refractivity contribution in [2.75, 3.05) is 12.3 Å². The van der Waals surface area contributed by atoms with Gasteiger partial charge < -0.3 is 5.32 Å². The molecule has 7 heteroatoms. The summed E-state index contributed by atoms with van der Waals surface area (Å²) in [5.74, 6) is 0.949. The molecule has 0 saturated carbocycles. The Morgan fingerprint density at radius 1 is 1.33 bits per heavy atom. The van der Waals surface area contributed by atoms with E-state index in [1.165, 1.54) is 5.56 Å². The molecule has 1 N–H and O–H groups in total. The van der Waals surface area contributed by atoms with Gasteiger partial charge in [0.05, 0.1) is 0 Å². The number of aryl methyl sites for hydroxylation is 1. The maximum atomic E-state index is 3.91. The average molecular weight is 328 g/mol. The van der Waals surface area contributed by atoms with Crippen LogP contribution in [0.3, 0.4) is 0 Å². The van der Waals surface area contributed by atoms with Crippen LogP contribution in [0.5, 0.6) is 0 Å². The number of nitrogens with one attached hydrogen (secondary N) is 1. The molecule has 1 aromatic heterocycles. The van der Waals surface area contributed by atoms with E-state index in [2.05, 4.69) is 61.0 Å². The van der Waals surface area contributed by atoms with Gasteiger partial charge in [-0.25, -0.2) is 4.68 Å². The van der Waals surface area contributed by atoms with E-state index in [1.54, 1.807) is 16.4 Å². The second kappa shape index (κ2) is 6.86. The van der Waals surface area contributed by atoms with Crippen molar-refractivity contribution in [1.82, 2.24) is 25.5 Å². The molecule has 1 aromatic carbocycles. The Morgan fingerprint density at radius 2 is 2.11 bits per heavy atom. The van der Waals surface area contributed by atoms with Gasteiger partial charge in [0.1, 0.15) is 0 Å². The standard InChI is InChI=1S/C11H14BrN5S/c1-17-11(14-15-16-17)18-7-6-13-8-9-2-4-10(12)5-3-9/h2-5,13H,6-8H2,1H3. The maximum absolute atomic E-state index is 3.91. The molecular weight excluding hydrogens is 314 g/mol. The summed E-state index contributed by atoms with van der Waals surface area (Å²) in [6.07, 6.45) is 0. The highest BCUT2D eigenvalue weighted by Gasteiger charge is 2.01. The van der Waals surface area contributed by atoms with Crippen molar-refractivity contribution in [3.63, 3.8) is 0 Å². The first-order chi connectivity index (χ1) is 8.75.